The second-order valence-corrected chi connectivity index (χ2v) is 9.49. The lowest BCUT2D eigenvalue weighted by Gasteiger charge is -2.32. The van der Waals surface area contributed by atoms with Crippen LogP contribution in [0.2, 0.25) is 0 Å². The Hall–Kier alpha value is -3.10. The number of benzene rings is 2. The fourth-order valence-corrected chi connectivity index (χ4v) is 5.87. The summed E-state index contributed by atoms with van der Waals surface area (Å²) in [6, 6.07) is 14.6. The van der Waals surface area contributed by atoms with E-state index < -0.39 is 12.1 Å². The molecule has 0 bridgehead atoms. The summed E-state index contributed by atoms with van der Waals surface area (Å²) >= 11 is 0. The van der Waals surface area contributed by atoms with E-state index in [9.17, 15) is 14.7 Å². The molecule has 5 rings (SSSR count). The molecular weight excluding hydrogens is 420 g/mol. The predicted molar refractivity (Wildman–Crippen MR) is 125 cm³/mol. The van der Waals surface area contributed by atoms with Crippen molar-refractivity contribution in [1.82, 2.24) is 9.96 Å². The first-order valence-electron chi connectivity index (χ1n) is 11.4. The summed E-state index contributed by atoms with van der Waals surface area (Å²) in [5.74, 6) is -0.323. The van der Waals surface area contributed by atoms with Gasteiger partial charge in [0.25, 0.3) is 5.91 Å². The maximum Gasteiger partial charge on any atom is 0.412 e. The Morgan fingerprint density at radius 2 is 1.94 bits per heavy atom. The van der Waals surface area contributed by atoms with Gasteiger partial charge in [0.15, 0.2) is 0 Å². The molecule has 33 heavy (non-hydrogen) atoms. The minimum absolute atomic E-state index is 0.0798. The first kappa shape index (κ1) is 21.7. The van der Waals surface area contributed by atoms with Gasteiger partial charge in [-0.05, 0) is 49.2 Å². The van der Waals surface area contributed by atoms with Crippen LogP contribution in [0, 0.1) is 0 Å². The van der Waals surface area contributed by atoms with Gasteiger partial charge in [-0.1, -0.05) is 37.3 Å². The molecule has 8 heteroatoms. The quantitative estimate of drug-likeness (QED) is 0.754. The van der Waals surface area contributed by atoms with Crippen molar-refractivity contribution in [1.29, 1.82) is 0 Å². The van der Waals surface area contributed by atoms with E-state index >= 15 is 0 Å². The monoisotopic (exact) mass is 450 g/mol. The Balaban J connectivity index is 1.39. The van der Waals surface area contributed by atoms with Crippen molar-refractivity contribution in [3.63, 3.8) is 0 Å². The average Bonchev–Trinajstić information content (AvgIpc) is 3.39. The summed E-state index contributed by atoms with van der Waals surface area (Å²) in [6.45, 7) is 3.87. The van der Waals surface area contributed by atoms with Crippen molar-refractivity contribution >= 4 is 23.4 Å². The molecule has 2 amide bonds. The van der Waals surface area contributed by atoms with Crippen LogP contribution in [0.15, 0.2) is 48.5 Å². The third-order valence-corrected chi connectivity index (χ3v) is 7.48. The summed E-state index contributed by atoms with van der Waals surface area (Å²) in [7, 11) is 4.22. The molecule has 3 heterocycles. The number of carbonyl (C=O) groups excluding carboxylic acids is 1. The Bertz CT molecular complexity index is 1080. The van der Waals surface area contributed by atoms with Crippen molar-refractivity contribution in [2.24, 2.45) is 0 Å². The minimum Gasteiger partial charge on any atom is -0.465 e. The van der Waals surface area contributed by atoms with E-state index in [4.69, 9.17) is 4.84 Å². The molecule has 0 saturated carbocycles. The summed E-state index contributed by atoms with van der Waals surface area (Å²) < 4.78 is 0. The Morgan fingerprint density at radius 3 is 2.67 bits per heavy atom. The summed E-state index contributed by atoms with van der Waals surface area (Å²) in [5.41, 5.74) is 3.67. The zero-order valence-corrected chi connectivity index (χ0v) is 19.3. The molecule has 2 fully saturated rings. The molecule has 3 aliphatic heterocycles. The van der Waals surface area contributed by atoms with Crippen molar-refractivity contribution in [2.45, 2.75) is 44.0 Å². The van der Waals surface area contributed by atoms with Crippen molar-refractivity contribution in [2.75, 3.05) is 37.0 Å². The van der Waals surface area contributed by atoms with Crippen LogP contribution in [0.3, 0.4) is 0 Å². The van der Waals surface area contributed by atoms with Gasteiger partial charge in [-0.3, -0.25) is 19.4 Å². The number of carboxylic acid groups (broad SMARTS) is 1. The number of hydrogen-bond acceptors (Lipinski definition) is 5. The number of fused-ring (bicyclic) bond motifs is 3. The molecule has 0 aliphatic carbocycles. The molecular formula is C25H30N4O4. The number of amides is 2. The average molecular weight is 451 g/mol. The molecule has 8 nitrogen and oxygen atoms in total. The number of nitrogens with zero attached hydrogens (tertiary/aromatic N) is 4. The molecule has 174 valence electrons. The van der Waals surface area contributed by atoms with Gasteiger partial charge in [0.1, 0.15) is 12.6 Å². The van der Waals surface area contributed by atoms with Crippen molar-refractivity contribution < 1.29 is 19.5 Å². The van der Waals surface area contributed by atoms with Crippen LogP contribution in [0.1, 0.15) is 30.9 Å². The van der Waals surface area contributed by atoms with E-state index in [1.807, 2.05) is 48.5 Å². The second-order valence-electron chi connectivity index (χ2n) is 9.49. The van der Waals surface area contributed by atoms with Crippen LogP contribution in [0.25, 0.3) is 0 Å². The maximum atomic E-state index is 13.1. The van der Waals surface area contributed by atoms with E-state index in [0.29, 0.717) is 18.7 Å². The van der Waals surface area contributed by atoms with Crippen molar-refractivity contribution in [3.8, 4) is 0 Å². The lowest BCUT2D eigenvalue weighted by Crippen LogP contribution is -2.45. The zero-order valence-electron chi connectivity index (χ0n) is 19.3. The predicted octanol–water partition coefficient (Wildman–Crippen LogP) is 3.27. The Morgan fingerprint density at radius 1 is 1.18 bits per heavy atom. The normalized spacial score (nSPS) is 26.6. The molecule has 2 saturated heterocycles. The second kappa shape index (κ2) is 8.04. The van der Waals surface area contributed by atoms with Crippen LogP contribution < -0.4 is 9.80 Å². The first-order valence-corrected chi connectivity index (χ1v) is 11.4. The lowest BCUT2D eigenvalue weighted by atomic mass is 9.81. The smallest absolute Gasteiger partial charge is 0.412 e. The van der Waals surface area contributed by atoms with Gasteiger partial charge in [0.2, 0.25) is 0 Å². The lowest BCUT2D eigenvalue weighted by molar-refractivity contribution is -0.182. The molecule has 3 atom stereocenters. The van der Waals surface area contributed by atoms with E-state index in [2.05, 4.69) is 30.8 Å². The molecule has 3 aliphatic rings. The largest absolute Gasteiger partial charge is 0.465 e. The molecule has 0 aromatic heterocycles. The fourth-order valence-electron chi connectivity index (χ4n) is 5.87. The third kappa shape index (κ3) is 3.45. The first-order chi connectivity index (χ1) is 15.8. The highest BCUT2D eigenvalue weighted by atomic mass is 16.7. The van der Waals surface area contributed by atoms with E-state index in [-0.39, 0.29) is 24.1 Å². The van der Waals surface area contributed by atoms with Gasteiger partial charge in [-0.25, -0.2) is 9.86 Å². The van der Waals surface area contributed by atoms with Gasteiger partial charge in [-0.2, -0.15) is 0 Å². The Kier molecular flexibility index (Phi) is 5.29. The summed E-state index contributed by atoms with van der Waals surface area (Å²) in [4.78, 5) is 37.0. The Labute approximate surface area is 193 Å². The van der Waals surface area contributed by atoms with E-state index in [1.54, 1.807) is 0 Å². The van der Waals surface area contributed by atoms with Crippen LogP contribution in [-0.4, -0.2) is 66.5 Å². The topological polar surface area (TPSA) is 76.6 Å². The molecule has 2 aromatic carbocycles. The van der Waals surface area contributed by atoms with E-state index in [1.165, 1.54) is 9.96 Å². The van der Waals surface area contributed by atoms with E-state index in [0.717, 1.165) is 29.8 Å². The highest BCUT2D eigenvalue weighted by molar-refractivity contribution is 5.97. The van der Waals surface area contributed by atoms with Crippen LogP contribution in [-0.2, 0) is 21.7 Å². The number of rotatable bonds is 5. The molecule has 0 radical (unpaired) electrons. The van der Waals surface area contributed by atoms with Gasteiger partial charge >= 0.3 is 6.09 Å². The van der Waals surface area contributed by atoms with Gasteiger partial charge in [0, 0.05) is 30.4 Å². The van der Waals surface area contributed by atoms with Crippen LogP contribution in [0.4, 0.5) is 16.2 Å². The number of anilines is 2. The standard InChI is InChI=1S/C25H30N4O4/c1-25-12-14-26(2)23(25)27(3)20-10-9-18(15-19(20)25)29(24(31)32)21-11-13-28(22(21)30)33-16-17-7-5-4-6-8-17/h4-10,15,21,23H,11-14,16H2,1-3H3,(H,31,32)/t21-,23-,25+/m1/s1. The van der Waals surface area contributed by atoms with Gasteiger partial charge < -0.3 is 10.0 Å². The minimum atomic E-state index is -1.13. The molecule has 0 unspecified atom stereocenters. The number of carbonyl (C=O) groups is 2. The van der Waals surface area contributed by atoms with Gasteiger partial charge in [-0.15, -0.1) is 0 Å². The maximum absolute atomic E-state index is 13.1. The number of likely N-dealkylation sites (N-methyl/N-ethyl adjacent to an activating group) is 2. The van der Waals surface area contributed by atoms with Gasteiger partial charge in [0.05, 0.1) is 12.7 Å². The summed E-state index contributed by atoms with van der Waals surface area (Å²) in [6.07, 6.45) is 0.510. The molecule has 1 N–H and O–H groups in total. The fraction of sp³-hybridized carbons (Fsp3) is 0.440. The molecule has 0 spiro atoms. The number of hydroxylamine groups is 2. The number of likely N-dealkylation sites (tertiary alicyclic amines) is 1. The number of hydrogen-bond donors (Lipinski definition) is 1. The zero-order chi connectivity index (χ0) is 23.3. The summed E-state index contributed by atoms with van der Waals surface area (Å²) in [5, 5.41) is 11.4. The van der Waals surface area contributed by atoms with Crippen molar-refractivity contribution in [3.05, 3.63) is 59.7 Å². The highest BCUT2D eigenvalue weighted by Crippen LogP contribution is 2.51. The van der Waals surface area contributed by atoms with Crippen LogP contribution >= 0.6 is 0 Å². The van der Waals surface area contributed by atoms with Crippen LogP contribution in [0.5, 0.6) is 0 Å². The SMILES string of the molecule is CN1CC[C@@]2(C)c3cc(N(C(=O)O)[C@@H]4CCN(OCc5ccccc5)C4=O)ccc3N(C)[C@@H]12. The molecule has 2 aromatic rings. The highest BCUT2D eigenvalue weighted by Gasteiger charge is 2.52. The third-order valence-electron chi connectivity index (χ3n) is 7.48.